The molecule has 0 radical (unpaired) electrons. The van der Waals surface area contributed by atoms with E-state index >= 15 is 0 Å². The maximum atomic E-state index is 12.1. The number of benzene rings is 1. The van der Waals surface area contributed by atoms with Gasteiger partial charge in [-0.1, -0.05) is 6.07 Å². The Balaban J connectivity index is 2.11. The average molecular weight is 276 g/mol. The molecule has 106 valence electrons. The quantitative estimate of drug-likeness (QED) is 0.772. The van der Waals surface area contributed by atoms with E-state index in [-0.39, 0.29) is 17.5 Å². The average Bonchev–Trinajstić information content (AvgIpc) is 2.86. The number of rotatable bonds is 4. The lowest BCUT2D eigenvalue weighted by atomic mass is 10.2. The van der Waals surface area contributed by atoms with Crippen molar-refractivity contribution in [2.24, 2.45) is 0 Å². The number of carbonyl (C=O) groups is 1. The topological polar surface area (TPSA) is 104 Å². The molecule has 0 atom stereocenters. The fraction of sp³-hybridized carbons (Fsp3) is 0.231. The van der Waals surface area contributed by atoms with Crippen LogP contribution in [0.2, 0.25) is 0 Å². The summed E-state index contributed by atoms with van der Waals surface area (Å²) in [6.45, 7) is 0.369. The minimum Gasteiger partial charge on any atom is -0.504 e. The molecule has 2 aromatic rings. The first-order valence-corrected chi connectivity index (χ1v) is 5.93. The Bertz CT molecular complexity index is 624. The van der Waals surface area contributed by atoms with Crippen LogP contribution in [0.5, 0.6) is 11.5 Å². The summed E-state index contributed by atoms with van der Waals surface area (Å²) in [5.41, 5.74) is 6.63. The van der Waals surface area contributed by atoms with E-state index in [0.717, 1.165) is 5.56 Å². The molecular weight excluding hydrogens is 260 g/mol. The highest BCUT2D eigenvalue weighted by Gasteiger charge is 2.15. The van der Waals surface area contributed by atoms with Gasteiger partial charge in [-0.2, -0.15) is 5.10 Å². The van der Waals surface area contributed by atoms with Crippen molar-refractivity contribution >= 4 is 11.7 Å². The first-order chi connectivity index (χ1) is 9.51. The first-order valence-electron chi connectivity index (χ1n) is 5.93. The first kappa shape index (κ1) is 13.7. The van der Waals surface area contributed by atoms with Gasteiger partial charge in [-0.3, -0.25) is 9.89 Å². The van der Waals surface area contributed by atoms with Crippen LogP contribution in [0.3, 0.4) is 0 Å². The predicted octanol–water partition coefficient (Wildman–Crippen LogP) is 0.978. The second-order valence-electron chi connectivity index (χ2n) is 4.37. The number of aromatic hydroxyl groups is 1. The number of nitrogens with zero attached hydrogens (tertiary/aromatic N) is 2. The van der Waals surface area contributed by atoms with Gasteiger partial charge < -0.3 is 20.5 Å². The molecule has 0 aliphatic rings. The number of carbonyl (C=O) groups excluding carboxylic acids is 1. The highest BCUT2D eigenvalue weighted by atomic mass is 16.5. The summed E-state index contributed by atoms with van der Waals surface area (Å²) < 4.78 is 5.03. The van der Waals surface area contributed by atoms with E-state index in [4.69, 9.17) is 10.5 Å². The lowest BCUT2D eigenvalue weighted by Crippen LogP contribution is -2.26. The molecule has 1 aromatic carbocycles. The Morgan fingerprint density at radius 1 is 1.50 bits per heavy atom. The molecule has 4 N–H and O–H groups in total. The van der Waals surface area contributed by atoms with E-state index in [0.29, 0.717) is 18.0 Å². The van der Waals surface area contributed by atoms with E-state index in [1.165, 1.54) is 24.1 Å². The standard InChI is InChI=1S/C13H16N4O3/c1-17(13(19)9-6-12(14)16-15-9)7-8-3-4-10(18)11(5-8)20-2/h3-6,18H,7H2,1-2H3,(H3,14,15,16). The van der Waals surface area contributed by atoms with Crippen molar-refractivity contribution in [3.05, 3.63) is 35.5 Å². The Kier molecular flexibility index (Phi) is 3.79. The molecule has 7 heteroatoms. The van der Waals surface area contributed by atoms with Crippen molar-refractivity contribution in [1.29, 1.82) is 0 Å². The number of phenolic OH excluding ortho intramolecular Hbond substituents is 1. The van der Waals surface area contributed by atoms with Gasteiger partial charge in [0.15, 0.2) is 11.5 Å². The number of methoxy groups -OCH3 is 1. The molecule has 0 fully saturated rings. The van der Waals surface area contributed by atoms with Crippen LogP contribution in [-0.2, 0) is 6.54 Å². The largest absolute Gasteiger partial charge is 0.504 e. The molecular formula is C13H16N4O3. The minimum atomic E-state index is -0.221. The molecule has 0 saturated heterocycles. The summed E-state index contributed by atoms with van der Waals surface area (Å²) in [6, 6.07) is 6.42. The van der Waals surface area contributed by atoms with E-state index in [1.54, 1.807) is 19.2 Å². The number of nitrogens with two attached hydrogens (primary N) is 1. The molecule has 1 amide bonds. The number of aromatic nitrogens is 2. The van der Waals surface area contributed by atoms with Crippen LogP contribution in [0, 0.1) is 0 Å². The van der Waals surface area contributed by atoms with Gasteiger partial charge in [0.1, 0.15) is 11.5 Å². The van der Waals surface area contributed by atoms with Crippen molar-refractivity contribution in [2.45, 2.75) is 6.54 Å². The number of anilines is 1. The van der Waals surface area contributed by atoms with Gasteiger partial charge in [0, 0.05) is 19.7 Å². The van der Waals surface area contributed by atoms with Crippen LogP contribution in [-0.4, -0.2) is 40.3 Å². The van der Waals surface area contributed by atoms with E-state index in [1.807, 2.05) is 0 Å². The summed E-state index contributed by atoms with van der Waals surface area (Å²) >= 11 is 0. The van der Waals surface area contributed by atoms with Gasteiger partial charge in [0.05, 0.1) is 7.11 Å². The van der Waals surface area contributed by atoms with Crippen LogP contribution in [0.15, 0.2) is 24.3 Å². The molecule has 1 aromatic heterocycles. The lowest BCUT2D eigenvalue weighted by Gasteiger charge is -2.16. The molecule has 0 saturated carbocycles. The molecule has 0 aliphatic carbocycles. The molecule has 2 rings (SSSR count). The fourth-order valence-corrected chi connectivity index (χ4v) is 1.82. The molecule has 20 heavy (non-hydrogen) atoms. The number of ether oxygens (including phenoxy) is 1. The van der Waals surface area contributed by atoms with Crippen molar-refractivity contribution in [3.8, 4) is 11.5 Å². The number of hydrogen-bond donors (Lipinski definition) is 3. The van der Waals surface area contributed by atoms with Gasteiger partial charge in [0.2, 0.25) is 0 Å². The van der Waals surface area contributed by atoms with Crippen molar-refractivity contribution < 1.29 is 14.6 Å². The highest BCUT2D eigenvalue weighted by Crippen LogP contribution is 2.26. The second kappa shape index (κ2) is 5.52. The summed E-state index contributed by atoms with van der Waals surface area (Å²) in [6.07, 6.45) is 0. The Morgan fingerprint density at radius 3 is 2.85 bits per heavy atom. The van der Waals surface area contributed by atoms with Crippen molar-refractivity contribution in [2.75, 3.05) is 19.9 Å². The molecule has 1 heterocycles. The summed E-state index contributed by atoms with van der Waals surface area (Å²) in [4.78, 5) is 13.6. The summed E-state index contributed by atoms with van der Waals surface area (Å²) in [7, 11) is 3.14. The SMILES string of the molecule is COc1cc(CN(C)C(=O)c2cc(N)n[nH]2)ccc1O. The van der Waals surface area contributed by atoms with Gasteiger partial charge in [0.25, 0.3) is 5.91 Å². The number of phenols is 1. The lowest BCUT2D eigenvalue weighted by molar-refractivity contribution is 0.0779. The van der Waals surface area contributed by atoms with Gasteiger partial charge in [-0.25, -0.2) is 0 Å². The van der Waals surface area contributed by atoms with E-state index in [9.17, 15) is 9.90 Å². The van der Waals surface area contributed by atoms with Gasteiger partial charge >= 0.3 is 0 Å². The van der Waals surface area contributed by atoms with Gasteiger partial charge in [-0.15, -0.1) is 0 Å². The van der Waals surface area contributed by atoms with Gasteiger partial charge in [-0.05, 0) is 17.7 Å². The normalized spacial score (nSPS) is 10.3. The van der Waals surface area contributed by atoms with Crippen LogP contribution >= 0.6 is 0 Å². The zero-order valence-corrected chi connectivity index (χ0v) is 11.3. The van der Waals surface area contributed by atoms with Crippen LogP contribution in [0.25, 0.3) is 0 Å². The number of amides is 1. The second-order valence-corrected chi connectivity index (χ2v) is 4.37. The Morgan fingerprint density at radius 2 is 2.25 bits per heavy atom. The monoisotopic (exact) mass is 276 g/mol. The minimum absolute atomic E-state index is 0.0616. The number of nitrogen functional groups attached to an aromatic ring is 1. The molecule has 0 unspecified atom stereocenters. The maximum absolute atomic E-state index is 12.1. The van der Waals surface area contributed by atoms with E-state index in [2.05, 4.69) is 10.2 Å². The molecule has 0 aliphatic heterocycles. The zero-order valence-electron chi connectivity index (χ0n) is 11.3. The van der Waals surface area contributed by atoms with E-state index < -0.39 is 0 Å². The van der Waals surface area contributed by atoms with Crippen molar-refractivity contribution in [1.82, 2.24) is 15.1 Å². The molecule has 7 nitrogen and oxygen atoms in total. The van der Waals surface area contributed by atoms with Crippen molar-refractivity contribution in [3.63, 3.8) is 0 Å². The predicted molar refractivity (Wildman–Crippen MR) is 73.5 cm³/mol. The molecule has 0 bridgehead atoms. The third-order valence-electron chi connectivity index (χ3n) is 2.84. The third-order valence-corrected chi connectivity index (χ3v) is 2.84. The summed E-state index contributed by atoms with van der Waals surface area (Å²) in [5.74, 6) is 0.481. The van der Waals surface area contributed by atoms with Crippen LogP contribution in [0.1, 0.15) is 16.1 Å². The number of hydrogen-bond acceptors (Lipinski definition) is 5. The zero-order chi connectivity index (χ0) is 14.7. The maximum Gasteiger partial charge on any atom is 0.271 e. The number of H-pyrrole nitrogens is 1. The highest BCUT2D eigenvalue weighted by molar-refractivity contribution is 5.92. The fourth-order valence-electron chi connectivity index (χ4n) is 1.82. The Hall–Kier alpha value is -2.70. The van der Waals surface area contributed by atoms with Crippen LogP contribution < -0.4 is 10.5 Å². The number of aromatic amines is 1. The molecule has 0 spiro atoms. The smallest absolute Gasteiger partial charge is 0.271 e. The summed E-state index contributed by atoms with van der Waals surface area (Å²) in [5, 5.41) is 15.8. The van der Waals surface area contributed by atoms with Crippen LogP contribution in [0.4, 0.5) is 5.82 Å². The Labute approximate surface area is 116 Å². The third kappa shape index (κ3) is 2.82. The number of nitrogens with one attached hydrogen (secondary N) is 1.